The molecule has 1 aromatic heterocycles. The first-order valence-corrected chi connectivity index (χ1v) is 11.8. The van der Waals surface area contributed by atoms with E-state index in [0.717, 1.165) is 11.1 Å². The van der Waals surface area contributed by atoms with E-state index in [9.17, 15) is 13.2 Å². The summed E-state index contributed by atoms with van der Waals surface area (Å²) >= 11 is 5.15. The molecule has 0 radical (unpaired) electrons. The highest BCUT2D eigenvalue weighted by atomic mass is 32.2. The lowest BCUT2D eigenvalue weighted by Crippen LogP contribution is -2.32. The van der Waals surface area contributed by atoms with Crippen LogP contribution in [0, 0.1) is 20.8 Å². The van der Waals surface area contributed by atoms with Crippen LogP contribution in [-0.2, 0) is 14.8 Å². The van der Waals surface area contributed by atoms with Crippen LogP contribution in [0.1, 0.15) is 22.5 Å². The van der Waals surface area contributed by atoms with Crippen LogP contribution in [0.2, 0.25) is 0 Å². The van der Waals surface area contributed by atoms with Crippen LogP contribution in [0.4, 0.5) is 11.6 Å². The van der Waals surface area contributed by atoms with E-state index in [4.69, 9.17) is 12.2 Å². The predicted molar refractivity (Wildman–Crippen MR) is 133 cm³/mol. The largest absolute Gasteiger partial charge is 0.332 e. The molecule has 10 heteroatoms. The molecule has 0 saturated carbocycles. The Morgan fingerprint density at radius 3 is 2.15 bits per heavy atom. The van der Waals surface area contributed by atoms with Gasteiger partial charge in [-0.15, -0.1) is 0 Å². The van der Waals surface area contributed by atoms with Crippen molar-refractivity contribution in [3.8, 4) is 0 Å². The fourth-order valence-electron chi connectivity index (χ4n) is 2.83. The zero-order chi connectivity index (χ0) is 24.0. The van der Waals surface area contributed by atoms with Crippen LogP contribution < -0.4 is 15.4 Å². The number of anilines is 2. The average Bonchev–Trinajstić information content (AvgIpc) is 2.72. The van der Waals surface area contributed by atoms with Crippen LogP contribution in [0.15, 0.2) is 65.6 Å². The van der Waals surface area contributed by atoms with Crippen LogP contribution in [-0.4, -0.2) is 29.4 Å². The van der Waals surface area contributed by atoms with Crippen molar-refractivity contribution in [1.82, 2.24) is 15.3 Å². The maximum absolute atomic E-state index is 12.6. The smallest absolute Gasteiger partial charge is 0.264 e. The van der Waals surface area contributed by atoms with Gasteiger partial charge in [-0.2, -0.15) is 0 Å². The molecule has 3 rings (SSSR count). The molecular formula is C23H23N5O3S2. The molecule has 0 aliphatic heterocycles. The zero-order valence-corrected chi connectivity index (χ0v) is 19.9. The molecule has 0 saturated heterocycles. The van der Waals surface area contributed by atoms with E-state index in [1.807, 2.05) is 31.2 Å². The van der Waals surface area contributed by atoms with Crippen molar-refractivity contribution >= 4 is 51.0 Å². The summed E-state index contributed by atoms with van der Waals surface area (Å²) in [6, 6.07) is 15.4. The first-order valence-electron chi connectivity index (χ1n) is 9.93. The predicted octanol–water partition coefficient (Wildman–Crippen LogP) is 3.73. The molecule has 1 amide bonds. The molecule has 0 aliphatic rings. The third kappa shape index (κ3) is 7.19. The quantitative estimate of drug-likeness (QED) is 0.363. The Kier molecular flexibility index (Phi) is 7.52. The SMILES string of the molecule is Cc1ccc(/C=C/C(=O)NC(=S)Nc2ccc(S(=O)(=O)Nc3nc(C)cc(C)n3)cc2)cc1. The first kappa shape index (κ1) is 24.0. The number of nitrogens with zero attached hydrogens (tertiary/aromatic N) is 2. The lowest BCUT2D eigenvalue weighted by atomic mass is 10.1. The number of carbonyl (C=O) groups excluding carboxylic acids is 1. The number of carbonyl (C=O) groups is 1. The molecule has 1 heterocycles. The highest BCUT2D eigenvalue weighted by Gasteiger charge is 2.16. The van der Waals surface area contributed by atoms with Gasteiger partial charge in [0.1, 0.15) is 0 Å². The Balaban J connectivity index is 1.58. The van der Waals surface area contributed by atoms with E-state index >= 15 is 0 Å². The molecule has 0 bridgehead atoms. The van der Waals surface area contributed by atoms with Crippen molar-refractivity contribution in [2.75, 3.05) is 10.0 Å². The molecular weight excluding hydrogens is 458 g/mol. The van der Waals surface area contributed by atoms with Gasteiger partial charge < -0.3 is 5.32 Å². The van der Waals surface area contributed by atoms with E-state index in [-0.39, 0.29) is 21.9 Å². The van der Waals surface area contributed by atoms with Crippen molar-refractivity contribution in [2.24, 2.45) is 0 Å². The molecule has 2 aromatic carbocycles. The van der Waals surface area contributed by atoms with Gasteiger partial charge >= 0.3 is 0 Å². The summed E-state index contributed by atoms with van der Waals surface area (Å²) in [5.74, 6) is -0.373. The van der Waals surface area contributed by atoms with Crippen molar-refractivity contribution in [3.63, 3.8) is 0 Å². The summed E-state index contributed by atoms with van der Waals surface area (Å²) in [5.41, 5.74) is 3.86. The van der Waals surface area contributed by atoms with E-state index in [1.54, 1.807) is 26.0 Å². The third-order valence-electron chi connectivity index (χ3n) is 4.37. The zero-order valence-electron chi connectivity index (χ0n) is 18.3. The second kappa shape index (κ2) is 10.3. The van der Waals surface area contributed by atoms with Gasteiger partial charge in [-0.1, -0.05) is 29.8 Å². The normalized spacial score (nSPS) is 11.2. The van der Waals surface area contributed by atoms with Crippen molar-refractivity contribution in [3.05, 3.63) is 83.2 Å². The van der Waals surface area contributed by atoms with Gasteiger partial charge in [0.05, 0.1) is 4.90 Å². The standard InChI is InChI=1S/C23H23N5O3S2/c1-15-4-6-18(7-5-15)8-13-21(29)27-23(32)26-19-9-11-20(12-10-19)33(30,31)28-22-24-16(2)14-17(3)25-22/h4-14H,1-3H3,(H,24,25,28)(H2,26,27,29,32)/b13-8+. The number of aromatic nitrogens is 2. The van der Waals surface area contributed by atoms with Crippen molar-refractivity contribution in [1.29, 1.82) is 0 Å². The van der Waals surface area contributed by atoms with E-state index in [1.165, 1.54) is 30.3 Å². The molecule has 0 fully saturated rings. The summed E-state index contributed by atoms with van der Waals surface area (Å²) in [6.45, 7) is 5.50. The monoisotopic (exact) mass is 481 g/mol. The Morgan fingerprint density at radius 1 is 0.939 bits per heavy atom. The molecule has 0 aliphatic carbocycles. The number of nitrogens with one attached hydrogen (secondary N) is 3. The van der Waals surface area contributed by atoms with E-state index < -0.39 is 10.0 Å². The Morgan fingerprint density at radius 2 is 1.55 bits per heavy atom. The minimum atomic E-state index is -3.86. The average molecular weight is 482 g/mol. The van der Waals surface area contributed by atoms with Crippen molar-refractivity contribution in [2.45, 2.75) is 25.7 Å². The molecule has 8 nitrogen and oxygen atoms in total. The molecule has 0 unspecified atom stereocenters. The van der Waals surface area contributed by atoms with Gasteiger partial charge in [0, 0.05) is 23.2 Å². The Hall–Kier alpha value is -3.63. The van der Waals surface area contributed by atoms with Crippen molar-refractivity contribution < 1.29 is 13.2 Å². The number of benzene rings is 2. The second-order valence-corrected chi connectivity index (χ2v) is 9.38. The maximum atomic E-state index is 12.6. The molecule has 170 valence electrons. The van der Waals surface area contributed by atoms with Gasteiger partial charge in [0.15, 0.2) is 5.11 Å². The summed E-state index contributed by atoms with van der Waals surface area (Å²) < 4.78 is 27.6. The molecule has 0 spiro atoms. The molecule has 0 atom stereocenters. The Bertz CT molecular complexity index is 1280. The highest BCUT2D eigenvalue weighted by Crippen LogP contribution is 2.17. The topological polar surface area (TPSA) is 113 Å². The minimum Gasteiger partial charge on any atom is -0.332 e. The number of rotatable bonds is 6. The summed E-state index contributed by atoms with van der Waals surface area (Å²) in [4.78, 5) is 20.3. The number of hydrogen-bond acceptors (Lipinski definition) is 6. The Labute approximate surface area is 198 Å². The van der Waals surface area contributed by atoms with Gasteiger partial charge in [-0.25, -0.2) is 23.1 Å². The van der Waals surface area contributed by atoms with E-state index in [2.05, 4.69) is 25.3 Å². The van der Waals surface area contributed by atoms with E-state index in [0.29, 0.717) is 17.1 Å². The number of thiocarbonyl (C=S) groups is 1. The molecule has 33 heavy (non-hydrogen) atoms. The number of amides is 1. The first-order chi connectivity index (χ1) is 15.6. The minimum absolute atomic E-state index is 0.0114. The number of hydrogen-bond donors (Lipinski definition) is 3. The number of sulfonamides is 1. The number of aryl methyl sites for hydroxylation is 3. The van der Waals surface area contributed by atoms with Crippen LogP contribution in [0.3, 0.4) is 0 Å². The van der Waals surface area contributed by atoms with Gasteiger partial charge in [-0.05, 0) is 75.0 Å². The van der Waals surface area contributed by atoms with Gasteiger partial charge in [0.2, 0.25) is 11.9 Å². The summed E-state index contributed by atoms with van der Waals surface area (Å²) in [6.07, 6.45) is 3.07. The highest BCUT2D eigenvalue weighted by molar-refractivity contribution is 7.92. The van der Waals surface area contributed by atoms with Crippen LogP contribution >= 0.6 is 12.2 Å². The lowest BCUT2D eigenvalue weighted by molar-refractivity contribution is -0.115. The summed E-state index contributed by atoms with van der Waals surface area (Å²) in [7, 11) is -3.86. The lowest BCUT2D eigenvalue weighted by Gasteiger charge is -2.10. The van der Waals surface area contributed by atoms with Gasteiger partial charge in [-0.3, -0.25) is 10.1 Å². The third-order valence-corrected chi connectivity index (χ3v) is 5.92. The second-order valence-electron chi connectivity index (χ2n) is 7.29. The van der Waals surface area contributed by atoms with Gasteiger partial charge in [0.25, 0.3) is 10.0 Å². The summed E-state index contributed by atoms with van der Waals surface area (Å²) in [5, 5.41) is 5.48. The fraction of sp³-hybridized carbons (Fsp3) is 0.130. The molecule has 3 N–H and O–H groups in total. The van der Waals surface area contributed by atoms with Crippen LogP contribution in [0.25, 0.3) is 6.08 Å². The van der Waals surface area contributed by atoms with Crippen LogP contribution in [0.5, 0.6) is 0 Å². The molecule has 3 aromatic rings. The fourth-order valence-corrected chi connectivity index (χ4v) is 4.00. The maximum Gasteiger partial charge on any atom is 0.264 e.